The number of nitrogens with one attached hydrogen (secondary N) is 1. The molecule has 0 spiro atoms. The van der Waals surface area contributed by atoms with E-state index in [1.54, 1.807) is 12.5 Å². The third kappa shape index (κ3) is 2.17. The van der Waals surface area contributed by atoms with E-state index in [2.05, 4.69) is 27.4 Å². The Morgan fingerprint density at radius 1 is 1.33 bits per heavy atom. The first-order valence-electron chi connectivity index (χ1n) is 6.65. The van der Waals surface area contributed by atoms with E-state index in [0.29, 0.717) is 5.41 Å². The SMILES string of the molecule is CC1(CNc2nccn3cnnc23)CCCCC1. The Hall–Kier alpha value is -1.65. The number of nitrogens with zero attached hydrogens (tertiary/aromatic N) is 4. The highest BCUT2D eigenvalue weighted by atomic mass is 15.2. The van der Waals surface area contributed by atoms with Crippen molar-refractivity contribution >= 4 is 11.5 Å². The van der Waals surface area contributed by atoms with Gasteiger partial charge in [-0.15, -0.1) is 10.2 Å². The van der Waals surface area contributed by atoms with Crippen molar-refractivity contribution < 1.29 is 0 Å². The lowest BCUT2D eigenvalue weighted by atomic mass is 9.76. The highest BCUT2D eigenvalue weighted by Gasteiger charge is 2.26. The average Bonchev–Trinajstić information content (AvgIpc) is 2.86. The minimum absolute atomic E-state index is 0.396. The number of hydrogen-bond acceptors (Lipinski definition) is 4. The van der Waals surface area contributed by atoms with Crippen LogP contribution < -0.4 is 5.32 Å². The first-order chi connectivity index (χ1) is 8.77. The Kier molecular flexibility index (Phi) is 2.89. The molecule has 2 heterocycles. The fourth-order valence-corrected chi connectivity index (χ4v) is 2.76. The Balaban J connectivity index is 1.74. The zero-order valence-electron chi connectivity index (χ0n) is 10.8. The summed E-state index contributed by atoms with van der Waals surface area (Å²) in [6, 6.07) is 0. The summed E-state index contributed by atoms with van der Waals surface area (Å²) in [5, 5.41) is 11.4. The third-order valence-electron chi connectivity index (χ3n) is 3.96. The lowest BCUT2D eigenvalue weighted by Gasteiger charge is -2.33. The molecule has 1 fully saturated rings. The molecule has 2 aromatic heterocycles. The van der Waals surface area contributed by atoms with Crippen molar-refractivity contribution in [2.75, 3.05) is 11.9 Å². The summed E-state index contributed by atoms with van der Waals surface area (Å²) >= 11 is 0. The van der Waals surface area contributed by atoms with E-state index in [9.17, 15) is 0 Å². The van der Waals surface area contributed by atoms with Crippen LogP contribution in [0.1, 0.15) is 39.0 Å². The summed E-state index contributed by atoms with van der Waals surface area (Å²) < 4.78 is 1.89. The van der Waals surface area contributed by atoms with Crippen LogP contribution in [0.3, 0.4) is 0 Å². The van der Waals surface area contributed by atoms with Crippen molar-refractivity contribution in [2.24, 2.45) is 5.41 Å². The smallest absolute Gasteiger partial charge is 0.203 e. The fraction of sp³-hybridized carbons (Fsp3) is 0.615. The summed E-state index contributed by atoms with van der Waals surface area (Å²) in [6.45, 7) is 3.33. The molecule has 2 aromatic rings. The normalized spacial score (nSPS) is 18.9. The van der Waals surface area contributed by atoms with Crippen LogP contribution >= 0.6 is 0 Å². The molecule has 18 heavy (non-hydrogen) atoms. The van der Waals surface area contributed by atoms with Crippen LogP contribution in [-0.4, -0.2) is 26.1 Å². The maximum Gasteiger partial charge on any atom is 0.203 e. The van der Waals surface area contributed by atoms with Crippen molar-refractivity contribution in [3.63, 3.8) is 0 Å². The van der Waals surface area contributed by atoms with E-state index in [1.807, 2.05) is 10.6 Å². The van der Waals surface area contributed by atoms with Crippen molar-refractivity contribution in [1.82, 2.24) is 19.6 Å². The summed E-state index contributed by atoms with van der Waals surface area (Å²) in [5.74, 6) is 0.835. The van der Waals surface area contributed by atoms with Crippen LogP contribution in [0.2, 0.25) is 0 Å². The summed E-state index contributed by atoms with van der Waals surface area (Å²) in [5.41, 5.74) is 1.20. The molecule has 0 aliphatic heterocycles. The van der Waals surface area contributed by atoms with Crippen molar-refractivity contribution in [2.45, 2.75) is 39.0 Å². The first-order valence-corrected chi connectivity index (χ1v) is 6.65. The summed E-state index contributed by atoms with van der Waals surface area (Å²) in [6.07, 6.45) is 12.0. The van der Waals surface area contributed by atoms with Gasteiger partial charge < -0.3 is 5.32 Å². The molecule has 1 aliphatic carbocycles. The van der Waals surface area contributed by atoms with Gasteiger partial charge in [0.15, 0.2) is 5.82 Å². The Labute approximate surface area is 107 Å². The molecule has 1 N–H and O–H groups in total. The molecule has 0 atom stereocenters. The maximum atomic E-state index is 4.36. The average molecular weight is 245 g/mol. The van der Waals surface area contributed by atoms with Gasteiger partial charge in [-0.3, -0.25) is 4.40 Å². The van der Waals surface area contributed by atoms with E-state index in [0.717, 1.165) is 18.0 Å². The van der Waals surface area contributed by atoms with Crippen molar-refractivity contribution in [3.05, 3.63) is 18.7 Å². The van der Waals surface area contributed by atoms with E-state index in [-0.39, 0.29) is 0 Å². The Morgan fingerprint density at radius 3 is 3.00 bits per heavy atom. The molecule has 96 valence electrons. The molecular weight excluding hydrogens is 226 g/mol. The van der Waals surface area contributed by atoms with Gasteiger partial charge >= 0.3 is 0 Å². The molecule has 1 saturated carbocycles. The number of fused-ring (bicyclic) bond motifs is 1. The predicted molar refractivity (Wildman–Crippen MR) is 70.5 cm³/mol. The minimum atomic E-state index is 0.396. The molecule has 0 saturated heterocycles. The van der Waals surface area contributed by atoms with E-state index >= 15 is 0 Å². The summed E-state index contributed by atoms with van der Waals surface area (Å²) in [4.78, 5) is 4.36. The maximum absolute atomic E-state index is 4.36. The second-order valence-corrected chi connectivity index (χ2v) is 5.56. The van der Waals surface area contributed by atoms with Crippen LogP contribution in [0.15, 0.2) is 18.7 Å². The van der Waals surface area contributed by atoms with Gasteiger partial charge in [-0.05, 0) is 18.3 Å². The van der Waals surface area contributed by atoms with E-state index in [4.69, 9.17) is 0 Å². The summed E-state index contributed by atoms with van der Waals surface area (Å²) in [7, 11) is 0. The number of rotatable bonds is 3. The van der Waals surface area contributed by atoms with Gasteiger partial charge in [0.05, 0.1) is 0 Å². The molecule has 5 nitrogen and oxygen atoms in total. The molecule has 1 aliphatic rings. The lowest BCUT2D eigenvalue weighted by molar-refractivity contribution is 0.233. The lowest BCUT2D eigenvalue weighted by Crippen LogP contribution is -2.29. The van der Waals surface area contributed by atoms with Gasteiger partial charge in [-0.1, -0.05) is 26.2 Å². The monoisotopic (exact) mass is 245 g/mol. The number of aromatic nitrogens is 4. The fourth-order valence-electron chi connectivity index (χ4n) is 2.76. The molecular formula is C13H19N5. The van der Waals surface area contributed by atoms with E-state index < -0.39 is 0 Å². The van der Waals surface area contributed by atoms with Gasteiger partial charge in [0.2, 0.25) is 5.65 Å². The second kappa shape index (κ2) is 4.55. The number of anilines is 1. The van der Waals surface area contributed by atoms with Crippen molar-refractivity contribution in [1.29, 1.82) is 0 Å². The zero-order valence-corrected chi connectivity index (χ0v) is 10.8. The first kappa shape index (κ1) is 11.4. The van der Waals surface area contributed by atoms with Gasteiger partial charge in [0, 0.05) is 18.9 Å². The van der Waals surface area contributed by atoms with Gasteiger partial charge in [-0.2, -0.15) is 0 Å². The Bertz CT molecular complexity index is 527. The molecule has 0 unspecified atom stereocenters. The molecule has 0 aromatic carbocycles. The largest absolute Gasteiger partial charge is 0.366 e. The van der Waals surface area contributed by atoms with Gasteiger partial charge in [0.1, 0.15) is 6.33 Å². The molecule has 0 radical (unpaired) electrons. The Morgan fingerprint density at radius 2 is 2.17 bits per heavy atom. The third-order valence-corrected chi connectivity index (χ3v) is 3.96. The standard InChI is InChI=1S/C13H19N5/c1-13(5-3-2-4-6-13)9-15-11-12-17-16-10-18(12)8-7-14-11/h7-8,10H,2-6,9H2,1H3,(H,14,15). The van der Waals surface area contributed by atoms with Crippen LogP contribution in [0.4, 0.5) is 5.82 Å². The van der Waals surface area contributed by atoms with Gasteiger partial charge in [0.25, 0.3) is 0 Å². The quantitative estimate of drug-likeness (QED) is 0.902. The van der Waals surface area contributed by atoms with Crippen LogP contribution in [0.5, 0.6) is 0 Å². The molecule has 0 amide bonds. The second-order valence-electron chi connectivity index (χ2n) is 5.56. The molecule has 5 heteroatoms. The van der Waals surface area contributed by atoms with Crippen LogP contribution in [-0.2, 0) is 0 Å². The van der Waals surface area contributed by atoms with Crippen molar-refractivity contribution in [3.8, 4) is 0 Å². The minimum Gasteiger partial charge on any atom is -0.366 e. The highest BCUT2D eigenvalue weighted by molar-refractivity contribution is 5.61. The molecule has 3 rings (SSSR count). The topological polar surface area (TPSA) is 55.1 Å². The van der Waals surface area contributed by atoms with E-state index in [1.165, 1.54) is 32.1 Å². The highest BCUT2D eigenvalue weighted by Crippen LogP contribution is 2.35. The van der Waals surface area contributed by atoms with Gasteiger partial charge in [-0.25, -0.2) is 4.98 Å². The van der Waals surface area contributed by atoms with Crippen LogP contribution in [0.25, 0.3) is 5.65 Å². The van der Waals surface area contributed by atoms with Crippen LogP contribution in [0, 0.1) is 5.41 Å². The predicted octanol–water partition coefficient (Wildman–Crippen LogP) is 2.51. The number of hydrogen-bond donors (Lipinski definition) is 1. The zero-order chi connectivity index (χ0) is 12.4. The molecule has 0 bridgehead atoms.